The topological polar surface area (TPSA) is 59.2 Å². The summed E-state index contributed by atoms with van der Waals surface area (Å²) in [6.07, 6.45) is 10.8. The van der Waals surface area contributed by atoms with Gasteiger partial charge in [0.1, 0.15) is 0 Å². The third kappa shape index (κ3) is 1.39. The lowest BCUT2D eigenvalue weighted by molar-refractivity contribution is -0.151. The zero-order valence-corrected chi connectivity index (χ0v) is 13.5. The summed E-state index contributed by atoms with van der Waals surface area (Å²) >= 11 is 0. The van der Waals surface area contributed by atoms with Gasteiger partial charge >= 0.3 is 0 Å². The van der Waals surface area contributed by atoms with Crippen LogP contribution in [0.2, 0.25) is 0 Å². The summed E-state index contributed by atoms with van der Waals surface area (Å²) < 4.78 is 11.5. The second-order valence-electron chi connectivity index (χ2n) is 7.67. The largest absolute Gasteiger partial charge is 0.361 e. The average Bonchev–Trinajstić information content (AvgIpc) is 3.47. The van der Waals surface area contributed by atoms with Gasteiger partial charge in [-0.25, -0.2) is 0 Å². The van der Waals surface area contributed by atoms with Gasteiger partial charge in [0.2, 0.25) is 0 Å². The minimum atomic E-state index is -0.765. The summed E-state index contributed by atoms with van der Waals surface area (Å²) in [5.41, 5.74) is -1.43. The molecule has 4 heteroatoms. The van der Waals surface area contributed by atoms with Gasteiger partial charge in [0.15, 0.2) is 22.8 Å². The molecule has 0 aromatic rings. The molecule has 0 radical (unpaired) electrons. The Bertz CT molecular complexity index is 750. The number of hydrogen-bond acceptors (Lipinski definition) is 4. The van der Waals surface area contributed by atoms with Gasteiger partial charge in [-0.15, -0.1) is 13.2 Å². The summed E-state index contributed by atoms with van der Waals surface area (Å²) in [5.74, 6) is 0.0889. The molecule has 4 nitrogen and oxygen atoms in total. The van der Waals surface area contributed by atoms with Gasteiger partial charge in [0, 0.05) is 17.8 Å². The first-order valence-electron chi connectivity index (χ1n) is 8.55. The molecular formula is C20H20O4. The molecule has 4 unspecified atom stereocenters. The molecule has 3 fully saturated rings. The van der Waals surface area contributed by atoms with Crippen molar-refractivity contribution in [1.29, 1.82) is 0 Å². The zero-order valence-electron chi connectivity index (χ0n) is 13.5. The van der Waals surface area contributed by atoms with E-state index in [9.17, 15) is 9.59 Å². The highest BCUT2D eigenvalue weighted by molar-refractivity contribution is 6.07. The van der Waals surface area contributed by atoms with Crippen LogP contribution in [0.15, 0.2) is 49.1 Å². The Balaban J connectivity index is 1.73. The van der Waals surface area contributed by atoms with Gasteiger partial charge in [0.05, 0.1) is 18.6 Å². The van der Waals surface area contributed by atoms with Crippen LogP contribution in [0.1, 0.15) is 12.8 Å². The zero-order chi connectivity index (χ0) is 16.7. The van der Waals surface area contributed by atoms with Crippen molar-refractivity contribution in [2.75, 3.05) is 13.2 Å². The van der Waals surface area contributed by atoms with E-state index in [1.807, 2.05) is 12.2 Å². The fourth-order valence-electron chi connectivity index (χ4n) is 5.47. The van der Waals surface area contributed by atoms with Crippen molar-refractivity contribution < 1.29 is 19.1 Å². The molecule has 24 heavy (non-hydrogen) atoms. The number of ketones is 2. The molecule has 6 aliphatic rings. The molecule has 0 amide bonds. The fraction of sp³-hybridized carbons (Fsp3) is 0.500. The summed E-state index contributed by atoms with van der Waals surface area (Å²) in [6, 6.07) is 0. The molecular weight excluding hydrogens is 304 g/mol. The lowest BCUT2D eigenvalue weighted by atomic mass is 9.44. The van der Waals surface area contributed by atoms with Crippen molar-refractivity contribution in [3.05, 3.63) is 49.1 Å². The van der Waals surface area contributed by atoms with Crippen LogP contribution in [0.25, 0.3) is 0 Å². The third-order valence-electron chi connectivity index (χ3n) is 6.67. The molecule has 6 rings (SSSR count). The van der Waals surface area contributed by atoms with Crippen molar-refractivity contribution >= 4 is 11.6 Å². The predicted octanol–water partition coefficient (Wildman–Crippen LogP) is 2.17. The van der Waals surface area contributed by atoms with Gasteiger partial charge in [-0.05, 0) is 18.4 Å². The monoisotopic (exact) mass is 324 g/mol. The number of epoxide rings is 2. The first-order valence-corrected chi connectivity index (χ1v) is 8.55. The van der Waals surface area contributed by atoms with Gasteiger partial charge in [0.25, 0.3) is 0 Å². The minimum Gasteiger partial charge on any atom is -0.361 e. The highest BCUT2D eigenvalue weighted by Gasteiger charge is 2.79. The predicted molar refractivity (Wildman–Crippen MR) is 87.1 cm³/mol. The van der Waals surface area contributed by atoms with Crippen molar-refractivity contribution in [3.63, 3.8) is 0 Å². The molecule has 1 saturated carbocycles. The van der Waals surface area contributed by atoms with Crippen molar-refractivity contribution in [1.82, 2.24) is 0 Å². The average molecular weight is 324 g/mol. The molecule has 2 heterocycles. The molecule has 2 spiro atoms. The number of carbonyl (C=O) groups is 2. The summed E-state index contributed by atoms with van der Waals surface area (Å²) in [6.45, 7) is 8.53. The molecule has 0 N–H and O–H groups in total. The van der Waals surface area contributed by atoms with Crippen LogP contribution in [0.3, 0.4) is 0 Å². The van der Waals surface area contributed by atoms with Crippen LogP contribution in [-0.4, -0.2) is 36.0 Å². The van der Waals surface area contributed by atoms with Crippen molar-refractivity contribution in [3.8, 4) is 0 Å². The van der Waals surface area contributed by atoms with Gasteiger partial charge in [-0.1, -0.05) is 30.4 Å². The highest BCUT2D eigenvalue weighted by Crippen LogP contribution is 2.67. The van der Waals surface area contributed by atoms with E-state index in [1.54, 1.807) is 12.2 Å². The molecule has 0 aromatic carbocycles. The Labute approximate surface area is 140 Å². The Kier molecular flexibility index (Phi) is 2.57. The smallest absolute Gasteiger partial charge is 0.193 e. The van der Waals surface area contributed by atoms with Gasteiger partial charge in [-0.3, -0.25) is 9.59 Å². The minimum absolute atomic E-state index is 0.0243. The number of carbonyl (C=O) groups excluding carboxylic acids is 2. The maximum Gasteiger partial charge on any atom is 0.193 e. The van der Waals surface area contributed by atoms with E-state index in [2.05, 4.69) is 19.2 Å². The maximum absolute atomic E-state index is 13.3. The lowest BCUT2D eigenvalue weighted by Gasteiger charge is -2.56. The van der Waals surface area contributed by atoms with Crippen LogP contribution >= 0.6 is 0 Å². The molecule has 124 valence electrons. The second-order valence-corrected chi connectivity index (χ2v) is 7.67. The van der Waals surface area contributed by atoms with Crippen LogP contribution in [0, 0.1) is 23.2 Å². The van der Waals surface area contributed by atoms with E-state index in [0.717, 1.165) is 5.57 Å². The highest BCUT2D eigenvalue weighted by atomic mass is 16.6. The normalized spacial score (nSPS) is 50.0. The Hall–Kier alpha value is -1.78. The van der Waals surface area contributed by atoms with Crippen LogP contribution in [0.5, 0.6) is 0 Å². The van der Waals surface area contributed by atoms with E-state index < -0.39 is 16.6 Å². The van der Waals surface area contributed by atoms with Gasteiger partial charge in [-0.2, -0.15) is 0 Å². The third-order valence-corrected chi connectivity index (χ3v) is 6.67. The fourth-order valence-corrected chi connectivity index (χ4v) is 5.47. The maximum atomic E-state index is 13.3. The number of hydrogen-bond donors (Lipinski definition) is 0. The molecule has 0 aromatic heterocycles. The second kappa shape index (κ2) is 4.24. The number of ether oxygens (including phenoxy) is 2. The van der Waals surface area contributed by atoms with Crippen molar-refractivity contribution in [2.24, 2.45) is 23.2 Å². The lowest BCUT2D eigenvalue weighted by Crippen LogP contribution is -2.65. The van der Waals surface area contributed by atoms with E-state index in [-0.39, 0.29) is 29.3 Å². The van der Waals surface area contributed by atoms with E-state index in [0.29, 0.717) is 26.1 Å². The van der Waals surface area contributed by atoms with Gasteiger partial charge < -0.3 is 9.47 Å². The Morgan fingerprint density at radius 1 is 1.12 bits per heavy atom. The summed E-state index contributed by atoms with van der Waals surface area (Å²) in [4.78, 5) is 26.3. The number of Topliss-reactive ketones (excluding diaryl/α,β-unsaturated/α-hetero) is 2. The van der Waals surface area contributed by atoms with Crippen molar-refractivity contribution in [2.45, 2.75) is 24.0 Å². The molecule has 2 aliphatic heterocycles. The number of rotatable bonds is 4. The Morgan fingerprint density at radius 3 is 2.42 bits per heavy atom. The quantitative estimate of drug-likeness (QED) is 0.587. The molecule has 6 atom stereocenters. The first-order chi connectivity index (χ1) is 11.6. The van der Waals surface area contributed by atoms with Crippen LogP contribution in [-0.2, 0) is 19.1 Å². The van der Waals surface area contributed by atoms with E-state index >= 15 is 0 Å². The standard InChI is InChI=1S/C20H20O4/c1-3-5-12-9-14-15(20(11-24-20)16(12)21)13-6-8-18(14,7-4-2)17(22)19(13)10-23-19/h3-4,6,8-9,13-15H,1-2,5,7,10-11H2/t13?,14?,15?,18?,19-,20-/m0/s1. The van der Waals surface area contributed by atoms with E-state index in [1.165, 1.54) is 0 Å². The summed E-state index contributed by atoms with van der Waals surface area (Å²) in [5, 5.41) is 0. The Morgan fingerprint density at radius 2 is 1.83 bits per heavy atom. The molecule has 2 saturated heterocycles. The number of allylic oxidation sites excluding steroid dienone is 4. The SMILES string of the molecule is C=CCC1=CC2C(C3C=CC2(CC=C)C(=O)[C@]32CO2)[C@@]2(CO2)C1=O. The molecule has 4 aliphatic carbocycles. The first kappa shape index (κ1) is 14.6. The van der Waals surface area contributed by atoms with E-state index in [4.69, 9.17) is 9.47 Å². The molecule has 2 bridgehead atoms. The van der Waals surface area contributed by atoms with Crippen LogP contribution < -0.4 is 0 Å². The van der Waals surface area contributed by atoms with Crippen LogP contribution in [0.4, 0.5) is 0 Å². The summed E-state index contributed by atoms with van der Waals surface area (Å²) in [7, 11) is 0.